The molecule has 2 aliphatic rings. The van der Waals surface area contributed by atoms with Gasteiger partial charge in [0.15, 0.2) is 0 Å². The topological polar surface area (TPSA) is 72.9 Å². The second-order valence-electron chi connectivity index (χ2n) is 6.54. The van der Waals surface area contributed by atoms with Crippen LogP contribution >= 0.6 is 11.3 Å². The number of hydrogen-bond acceptors (Lipinski definition) is 7. The van der Waals surface area contributed by atoms with Crippen molar-refractivity contribution in [1.29, 1.82) is 0 Å². The van der Waals surface area contributed by atoms with Crippen LogP contribution in [0.3, 0.4) is 0 Å². The van der Waals surface area contributed by atoms with E-state index in [2.05, 4.69) is 22.0 Å². The molecule has 0 spiro atoms. The number of rotatable bonds is 5. The van der Waals surface area contributed by atoms with Crippen LogP contribution in [0.4, 0.5) is 10.3 Å². The van der Waals surface area contributed by atoms with Gasteiger partial charge < -0.3 is 14.7 Å². The van der Waals surface area contributed by atoms with E-state index in [-0.39, 0.29) is 18.4 Å². The summed E-state index contributed by atoms with van der Waals surface area (Å²) in [5, 5.41) is 9.63. The van der Waals surface area contributed by atoms with Crippen LogP contribution in [0.2, 0.25) is 0 Å². The lowest BCUT2D eigenvalue weighted by molar-refractivity contribution is -0.131. The summed E-state index contributed by atoms with van der Waals surface area (Å²) >= 11 is 1.37. The third kappa shape index (κ3) is 4.27. The van der Waals surface area contributed by atoms with Crippen molar-refractivity contribution in [2.24, 2.45) is 0 Å². The predicted molar refractivity (Wildman–Crippen MR) is 98.1 cm³/mol. The molecule has 8 nitrogen and oxygen atoms in total. The quantitative estimate of drug-likeness (QED) is 0.762. The second kappa shape index (κ2) is 8.09. The van der Waals surface area contributed by atoms with Gasteiger partial charge >= 0.3 is 0 Å². The zero-order valence-electron chi connectivity index (χ0n) is 15.0. The Morgan fingerprint density at radius 1 is 1.16 bits per heavy atom. The zero-order chi connectivity index (χ0) is 17.8. The molecule has 138 valence electrons. The van der Waals surface area contributed by atoms with Crippen molar-refractivity contribution in [1.82, 2.24) is 20.0 Å². The fourth-order valence-electron chi connectivity index (χ4n) is 3.16. The number of hydrogen-bond donors (Lipinski definition) is 0. The number of aromatic nitrogens is 2. The Bertz CT molecular complexity index is 614. The third-order valence-electron chi connectivity index (χ3n) is 4.83. The predicted octanol–water partition coefficient (Wildman–Crippen LogP) is 0.655. The largest absolute Gasteiger partial charge is 0.340 e. The molecule has 0 aromatic carbocycles. The summed E-state index contributed by atoms with van der Waals surface area (Å²) in [5.41, 5.74) is 0. The van der Waals surface area contributed by atoms with Crippen LogP contribution in [-0.4, -0.2) is 84.7 Å². The first kappa shape index (κ1) is 18.1. The number of likely N-dealkylation sites (N-methyl/N-ethyl adjacent to an activating group) is 2. The van der Waals surface area contributed by atoms with Gasteiger partial charge in [-0.25, -0.2) is 0 Å². The lowest BCUT2D eigenvalue weighted by Crippen LogP contribution is -2.50. The summed E-state index contributed by atoms with van der Waals surface area (Å²) in [6, 6.07) is 0. The molecule has 2 aliphatic heterocycles. The van der Waals surface area contributed by atoms with Crippen LogP contribution in [0.25, 0.3) is 0 Å². The Morgan fingerprint density at radius 3 is 2.60 bits per heavy atom. The third-order valence-corrected chi connectivity index (χ3v) is 5.89. The summed E-state index contributed by atoms with van der Waals surface area (Å²) in [6.45, 7) is 7.61. The van der Waals surface area contributed by atoms with Gasteiger partial charge in [0.2, 0.25) is 22.1 Å². The van der Waals surface area contributed by atoms with Crippen molar-refractivity contribution >= 4 is 33.4 Å². The first-order valence-corrected chi connectivity index (χ1v) is 9.75. The van der Waals surface area contributed by atoms with E-state index in [4.69, 9.17) is 0 Å². The lowest BCUT2D eigenvalue weighted by Gasteiger charge is -2.34. The number of amides is 2. The zero-order valence-corrected chi connectivity index (χ0v) is 15.8. The molecule has 2 amide bonds. The Kier molecular flexibility index (Phi) is 5.85. The molecule has 25 heavy (non-hydrogen) atoms. The fourth-order valence-corrected chi connectivity index (χ4v) is 4.01. The van der Waals surface area contributed by atoms with Crippen molar-refractivity contribution in [3.63, 3.8) is 0 Å². The Morgan fingerprint density at radius 2 is 1.92 bits per heavy atom. The number of nitrogens with zero attached hydrogens (tertiary/aromatic N) is 6. The first-order chi connectivity index (χ1) is 12.1. The first-order valence-electron chi connectivity index (χ1n) is 8.93. The van der Waals surface area contributed by atoms with E-state index >= 15 is 0 Å². The van der Waals surface area contributed by atoms with Crippen LogP contribution < -0.4 is 9.80 Å². The highest BCUT2D eigenvalue weighted by molar-refractivity contribution is 7.19. The summed E-state index contributed by atoms with van der Waals surface area (Å²) in [6.07, 6.45) is 2.52. The maximum atomic E-state index is 12.5. The van der Waals surface area contributed by atoms with Gasteiger partial charge in [0.25, 0.3) is 0 Å². The standard InChI is InChI=1S/C16H26N6O2S/c1-3-20-8-10-21(11-9-20)14(24)12-19(2)15-17-18-16(25-15)22-7-5-4-6-13(22)23/h3-12H2,1-2H3. The van der Waals surface area contributed by atoms with Gasteiger partial charge in [-0.15, -0.1) is 10.2 Å². The molecule has 3 heterocycles. The molecule has 2 saturated heterocycles. The molecule has 0 radical (unpaired) electrons. The maximum Gasteiger partial charge on any atom is 0.242 e. The molecule has 0 aliphatic carbocycles. The van der Waals surface area contributed by atoms with Crippen LogP contribution in [0.1, 0.15) is 26.2 Å². The molecule has 0 unspecified atom stereocenters. The van der Waals surface area contributed by atoms with E-state index in [1.807, 2.05) is 16.8 Å². The van der Waals surface area contributed by atoms with Gasteiger partial charge in [-0.1, -0.05) is 18.3 Å². The molecule has 1 aromatic heterocycles. The summed E-state index contributed by atoms with van der Waals surface area (Å²) in [4.78, 5) is 32.3. The molecule has 1 aromatic rings. The van der Waals surface area contributed by atoms with E-state index in [1.165, 1.54) is 11.3 Å². The van der Waals surface area contributed by atoms with Crippen molar-refractivity contribution in [3.8, 4) is 0 Å². The lowest BCUT2D eigenvalue weighted by atomic mass is 10.1. The smallest absolute Gasteiger partial charge is 0.242 e. The summed E-state index contributed by atoms with van der Waals surface area (Å²) in [5.74, 6) is 0.227. The van der Waals surface area contributed by atoms with Gasteiger partial charge in [-0.05, 0) is 19.4 Å². The van der Waals surface area contributed by atoms with Gasteiger partial charge in [-0.2, -0.15) is 0 Å². The number of carbonyl (C=O) groups excluding carboxylic acids is 2. The van der Waals surface area contributed by atoms with E-state index in [0.29, 0.717) is 23.2 Å². The molecule has 0 N–H and O–H groups in total. The normalized spacial score (nSPS) is 19.4. The molecular weight excluding hydrogens is 340 g/mol. The number of piperazine rings is 1. The SMILES string of the molecule is CCN1CCN(C(=O)CN(C)c2nnc(N3CCCCC3=O)s2)CC1. The molecule has 0 saturated carbocycles. The van der Waals surface area contributed by atoms with Crippen molar-refractivity contribution in [2.75, 3.05) is 62.7 Å². The van der Waals surface area contributed by atoms with Crippen LogP contribution in [0, 0.1) is 0 Å². The highest BCUT2D eigenvalue weighted by atomic mass is 32.1. The maximum absolute atomic E-state index is 12.5. The molecule has 0 atom stereocenters. The Balaban J connectivity index is 1.55. The average molecular weight is 366 g/mol. The summed E-state index contributed by atoms with van der Waals surface area (Å²) < 4.78 is 0. The highest BCUT2D eigenvalue weighted by Gasteiger charge is 2.25. The summed E-state index contributed by atoms with van der Waals surface area (Å²) in [7, 11) is 1.85. The fraction of sp³-hybridized carbons (Fsp3) is 0.750. The monoisotopic (exact) mass is 366 g/mol. The number of carbonyl (C=O) groups is 2. The van der Waals surface area contributed by atoms with E-state index in [1.54, 1.807) is 4.90 Å². The number of anilines is 2. The Hall–Kier alpha value is -1.74. The second-order valence-corrected chi connectivity index (χ2v) is 7.48. The van der Waals surface area contributed by atoms with Crippen molar-refractivity contribution < 1.29 is 9.59 Å². The number of piperidine rings is 1. The molecular formula is C16H26N6O2S. The minimum atomic E-state index is 0.112. The van der Waals surface area contributed by atoms with E-state index in [0.717, 1.165) is 45.6 Å². The highest BCUT2D eigenvalue weighted by Crippen LogP contribution is 2.28. The van der Waals surface area contributed by atoms with Gasteiger partial charge in [0.05, 0.1) is 6.54 Å². The molecule has 0 bridgehead atoms. The molecule has 3 rings (SSSR count). The van der Waals surface area contributed by atoms with Crippen molar-refractivity contribution in [2.45, 2.75) is 26.2 Å². The van der Waals surface area contributed by atoms with E-state index in [9.17, 15) is 9.59 Å². The molecule has 9 heteroatoms. The minimum Gasteiger partial charge on any atom is -0.340 e. The van der Waals surface area contributed by atoms with Crippen molar-refractivity contribution in [3.05, 3.63) is 0 Å². The van der Waals surface area contributed by atoms with Gasteiger partial charge in [-0.3, -0.25) is 14.5 Å². The van der Waals surface area contributed by atoms with Crippen LogP contribution in [0.15, 0.2) is 0 Å². The van der Waals surface area contributed by atoms with Gasteiger partial charge in [0.1, 0.15) is 0 Å². The average Bonchev–Trinajstić information content (AvgIpc) is 3.12. The molecule has 2 fully saturated rings. The van der Waals surface area contributed by atoms with Crippen LogP contribution in [-0.2, 0) is 9.59 Å². The Labute approximate surface area is 152 Å². The van der Waals surface area contributed by atoms with Gasteiger partial charge in [0, 0.05) is 46.2 Å². The van der Waals surface area contributed by atoms with Crippen LogP contribution in [0.5, 0.6) is 0 Å². The van der Waals surface area contributed by atoms with E-state index < -0.39 is 0 Å². The minimum absolute atomic E-state index is 0.112.